The van der Waals surface area contributed by atoms with Crippen LogP contribution in [-0.2, 0) is 6.54 Å². The quantitative estimate of drug-likeness (QED) is 0.861. The van der Waals surface area contributed by atoms with Gasteiger partial charge in [-0.1, -0.05) is 18.2 Å². The van der Waals surface area contributed by atoms with Crippen molar-refractivity contribution in [3.8, 4) is 5.75 Å². The first-order valence-electron chi connectivity index (χ1n) is 5.72. The second kappa shape index (κ2) is 5.48. The van der Waals surface area contributed by atoms with Crippen LogP contribution in [0, 0.1) is 5.95 Å². The lowest BCUT2D eigenvalue weighted by Gasteiger charge is -2.16. The third-order valence-electron chi connectivity index (χ3n) is 2.61. The van der Waals surface area contributed by atoms with Gasteiger partial charge in [0.1, 0.15) is 11.4 Å². The minimum absolute atomic E-state index is 0.0580. The maximum atomic E-state index is 13.0. The Kier molecular flexibility index (Phi) is 3.75. The van der Waals surface area contributed by atoms with Crippen LogP contribution < -0.4 is 0 Å². The van der Waals surface area contributed by atoms with Crippen LogP contribution in [0.2, 0.25) is 0 Å². The Morgan fingerprint density at radius 2 is 2.05 bits per heavy atom. The smallest absolute Gasteiger partial charge is 0.272 e. The molecule has 1 aromatic heterocycles. The number of halogens is 1. The molecule has 19 heavy (non-hydrogen) atoms. The molecule has 1 N–H and O–H groups in total. The molecule has 1 heterocycles. The van der Waals surface area contributed by atoms with Crippen LogP contribution in [0.4, 0.5) is 4.39 Å². The van der Waals surface area contributed by atoms with Crippen molar-refractivity contribution in [2.45, 2.75) is 6.54 Å². The maximum absolute atomic E-state index is 13.0. The number of nitrogens with zero attached hydrogens (tertiary/aromatic N) is 2. The molecule has 0 atom stereocenters. The molecule has 0 aliphatic heterocycles. The second-order valence-corrected chi connectivity index (χ2v) is 4.18. The lowest BCUT2D eigenvalue weighted by molar-refractivity contribution is 0.0778. The van der Waals surface area contributed by atoms with E-state index in [2.05, 4.69) is 4.98 Å². The van der Waals surface area contributed by atoms with E-state index in [0.29, 0.717) is 6.54 Å². The molecule has 0 saturated heterocycles. The van der Waals surface area contributed by atoms with Crippen molar-refractivity contribution < 1.29 is 14.3 Å². The summed E-state index contributed by atoms with van der Waals surface area (Å²) in [5.41, 5.74) is 0.843. The summed E-state index contributed by atoms with van der Waals surface area (Å²) in [5, 5.41) is 9.35. The summed E-state index contributed by atoms with van der Waals surface area (Å²) in [4.78, 5) is 17.0. The number of amides is 1. The van der Waals surface area contributed by atoms with Gasteiger partial charge in [0.05, 0.1) is 0 Å². The first-order chi connectivity index (χ1) is 9.06. The SMILES string of the molecule is CN(Cc1cccc(O)c1)C(=O)c1cccc(F)n1. The lowest BCUT2D eigenvalue weighted by Crippen LogP contribution is -2.27. The van der Waals surface area contributed by atoms with E-state index in [1.807, 2.05) is 0 Å². The molecule has 0 unspecified atom stereocenters. The lowest BCUT2D eigenvalue weighted by atomic mass is 10.2. The average Bonchev–Trinajstić information content (AvgIpc) is 2.38. The zero-order chi connectivity index (χ0) is 13.8. The van der Waals surface area contributed by atoms with Gasteiger partial charge in [-0.25, -0.2) is 4.98 Å². The van der Waals surface area contributed by atoms with Crippen LogP contribution in [0.1, 0.15) is 16.1 Å². The minimum atomic E-state index is -0.684. The van der Waals surface area contributed by atoms with Crippen molar-refractivity contribution in [1.29, 1.82) is 0 Å². The molecule has 1 aromatic carbocycles. The van der Waals surface area contributed by atoms with E-state index in [4.69, 9.17) is 0 Å². The molecule has 0 bridgehead atoms. The Labute approximate surface area is 110 Å². The Balaban J connectivity index is 2.12. The fourth-order valence-corrected chi connectivity index (χ4v) is 1.72. The molecule has 4 nitrogen and oxygen atoms in total. The number of phenolic OH excluding ortho intramolecular Hbond substituents is 1. The maximum Gasteiger partial charge on any atom is 0.272 e. The zero-order valence-electron chi connectivity index (χ0n) is 10.4. The molecule has 0 saturated carbocycles. The largest absolute Gasteiger partial charge is 0.508 e. The molecular formula is C14H13FN2O2. The fraction of sp³-hybridized carbons (Fsp3) is 0.143. The van der Waals surface area contributed by atoms with Gasteiger partial charge >= 0.3 is 0 Å². The molecule has 5 heteroatoms. The molecule has 0 fully saturated rings. The Hall–Kier alpha value is -2.43. The topological polar surface area (TPSA) is 53.4 Å². The highest BCUT2D eigenvalue weighted by molar-refractivity contribution is 5.92. The number of aromatic nitrogens is 1. The first-order valence-corrected chi connectivity index (χ1v) is 5.72. The first kappa shape index (κ1) is 13.0. The van der Waals surface area contributed by atoms with Gasteiger partial charge < -0.3 is 10.0 Å². The molecule has 1 amide bonds. The number of aromatic hydroxyl groups is 1. The normalized spacial score (nSPS) is 10.2. The highest BCUT2D eigenvalue weighted by atomic mass is 19.1. The van der Waals surface area contributed by atoms with E-state index >= 15 is 0 Å². The van der Waals surface area contributed by atoms with E-state index < -0.39 is 5.95 Å². The molecule has 2 rings (SSSR count). The van der Waals surface area contributed by atoms with Crippen LogP contribution in [-0.4, -0.2) is 27.9 Å². The summed E-state index contributed by atoms with van der Waals surface area (Å²) in [6.45, 7) is 0.311. The highest BCUT2D eigenvalue weighted by Gasteiger charge is 2.14. The summed E-state index contributed by atoms with van der Waals surface area (Å²) in [5.74, 6) is -0.915. The van der Waals surface area contributed by atoms with E-state index in [9.17, 15) is 14.3 Å². The van der Waals surface area contributed by atoms with Gasteiger partial charge in [-0.15, -0.1) is 0 Å². The fourth-order valence-electron chi connectivity index (χ4n) is 1.72. The van der Waals surface area contributed by atoms with Crippen LogP contribution in [0.3, 0.4) is 0 Å². The number of rotatable bonds is 3. The standard InChI is InChI=1S/C14H13FN2O2/c1-17(9-10-4-2-5-11(18)8-10)14(19)12-6-3-7-13(15)16-12/h2-8,18H,9H2,1H3. The molecule has 0 aliphatic rings. The zero-order valence-corrected chi connectivity index (χ0v) is 10.4. The molecule has 98 valence electrons. The molecule has 0 aliphatic carbocycles. The Bertz CT molecular complexity index is 602. The number of phenols is 1. The van der Waals surface area contributed by atoms with E-state index in [1.165, 1.54) is 23.1 Å². The van der Waals surface area contributed by atoms with E-state index in [0.717, 1.165) is 5.56 Å². The van der Waals surface area contributed by atoms with Gasteiger partial charge in [-0.05, 0) is 29.8 Å². The minimum Gasteiger partial charge on any atom is -0.508 e. The van der Waals surface area contributed by atoms with Crippen LogP contribution in [0.5, 0.6) is 5.75 Å². The van der Waals surface area contributed by atoms with Crippen molar-refractivity contribution >= 4 is 5.91 Å². The monoisotopic (exact) mass is 260 g/mol. The van der Waals surface area contributed by atoms with Crippen molar-refractivity contribution in [2.24, 2.45) is 0 Å². The Morgan fingerprint density at radius 3 is 2.74 bits per heavy atom. The van der Waals surface area contributed by atoms with Gasteiger partial charge in [0, 0.05) is 13.6 Å². The van der Waals surface area contributed by atoms with Crippen molar-refractivity contribution in [3.05, 3.63) is 59.7 Å². The summed E-state index contributed by atoms with van der Waals surface area (Å²) in [6, 6.07) is 10.7. The van der Waals surface area contributed by atoms with Crippen LogP contribution in [0.25, 0.3) is 0 Å². The third-order valence-corrected chi connectivity index (χ3v) is 2.61. The predicted octanol–water partition coefficient (Wildman–Crippen LogP) is 2.20. The number of carbonyl (C=O) groups is 1. The summed E-state index contributed by atoms with van der Waals surface area (Å²) >= 11 is 0. The van der Waals surface area contributed by atoms with Crippen molar-refractivity contribution in [3.63, 3.8) is 0 Å². The summed E-state index contributed by atoms with van der Waals surface area (Å²) < 4.78 is 13.0. The van der Waals surface area contributed by atoms with Gasteiger partial charge in [0.25, 0.3) is 5.91 Å². The van der Waals surface area contributed by atoms with Gasteiger partial charge in [0.2, 0.25) is 5.95 Å². The van der Waals surface area contributed by atoms with Gasteiger partial charge in [-0.3, -0.25) is 4.79 Å². The number of benzene rings is 1. The number of pyridine rings is 1. The van der Waals surface area contributed by atoms with Gasteiger partial charge in [-0.2, -0.15) is 4.39 Å². The van der Waals surface area contributed by atoms with Crippen molar-refractivity contribution in [2.75, 3.05) is 7.05 Å². The Morgan fingerprint density at radius 1 is 1.32 bits per heavy atom. The predicted molar refractivity (Wildman–Crippen MR) is 68.1 cm³/mol. The second-order valence-electron chi connectivity index (χ2n) is 4.18. The van der Waals surface area contributed by atoms with E-state index in [-0.39, 0.29) is 17.4 Å². The number of carbonyl (C=O) groups excluding carboxylic acids is 1. The average molecular weight is 260 g/mol. The summed E-state index contributed by atoms with van der Waals surface area (Å²) in [6.07, 6.45) is 0. The van der Waals surface area contributed by atoms with Crippen molar-refractivity contribution in [1.82, 2.24) is 9.88 Å². The highest BCUT2D eigenvalue weighted by Crippen LogP contribution is 2.13. The number of hydrogen-bond donors (Lipinski definition) is 1. The van der Waals surface area contributed by atoms with Gasteiger partial charge in [0.15, 0.2) is 0 Å². The number of hydrogen-bond acceptors (Lipinski definition) is 3. The third kappa shape index (κ3) is 3.28. The van der Waals surface area contributed by atoms with Crippen LogP contribution >= 0.6 is 0 Å². The molecule has 2 aromatic rings. The molecular weight excluding hydrogens is 247 g/mol. The van der Waals surface area contributed by atoms with E-state index in [1.54, 1.807) is 31.3 Å². The van der Waals surface area contributed by atoms with Crippen LogP contribution in [0.15, 0.2) is 42.5 Å². The molecule has 0 radical (unpaired) electrons. The molecule has 0 spiro atoms. The summed E-state index contributed by atoms with van der Waals surface area (Å²) in [7, 11) is 1.60.